The van der Waals surface area contributed by atoms with Crippen molar-refractivity contribution in [1.29, 1.82) is 0 Å². The molecule has 1 unspecified atom stereocenters. The van der Waals surface area contributed by atoms with Crippen molar-refractivity contribution in [3.05, 3.63) is 0 Å². The van der Waals surface area contributed by atoms with E-state index in [4.69, 9.17) is 18.6 Å². The number of terminal acetylenes is 2. The molecule has 0 aromatic rings. The predicted molar refractivity (Wildman–Crippen MR) is 33.4 cm³/mol. The molecule has 0 spiro atoms. The van der Waals surface area contributed by atoms with Gasteiger partial charge in [-0.05, 0) is 0 Å². The molecule has 2 N–H and O–H groups in total. The van der Waals surface area contributed by atoms with Crippen LogP contribution in [-0.2, 0) is 0 Å². The van der Waals surface area contributed by atoms with Crippen LogP contribution in [0, 0.1) is 24.8 Å². The maximum atomic E-state index is 5.27. The molecular weight excluding hydrogens is 100 g/mol. The van der Waals surface area contributed by atoms with E-state index in [-0.39, 0.29) is 0 Å². The molecule has 0 saturated heterocycles. The average molecular weight is 108 g/mol. The molecule has 0 bridgehead atoms. The van der Waals surface area contributed by atoms with Gasteiger partial charge < -0.3 is 10.6 Å². The van der Waals surface area contributed by atoms with E-state index in [0.717, 1.165) is 0 Å². The van der Waals surface area contributed by atoms with Crippen LogP contribution >= 0.6 is 0 Å². The molecule has 0 aliphatic carbocycles. The molecule has 2 nitrogen and oxygen atoms in total. The first-order valence-electron chi connectivity index (χ1n) is 2.13. The molecule has 42 valence electrons. The second kappa shape index (κ2) is 2.96. The monoisotopic (exact) mass is 108 g/mol. The van der Waals surface area contributed by atoms with Crippen molar-refractivity contribution in [3.63, 3.8) is 0 Å². The van der Waals surface area contributed by atoms with E-state index in [9.17, 15) is 0 Å². The summed E-state index contributed by atoms with van der Waals surface area (Å²) in [7, 11) is 1.66. The molecular formula is C6H8N2. The first-order valence-corrected chi connectivity index (χ1v) is 2.13. The molecule has 0 aromatic carbocycles. The van der Waals surface area contributed by atoms with E-state index in [1.54, 1.807) is 7.05 Å². The summed E-state index contributed by atoms with van der Waals surface area (Å²) in [5, 5.41) is 0. The Balaban J connectivity index is 3.72. The zero-order valence-electron chi connectivity index (χ0n) is 4.76. The SMILES string of the molecule is C#CC(N)N(C)C#C. The van der Waals surface area contributed by atoms with Crippen LogP contribution in [0.3, 0.4) is 0 Å². The van der Waals surface area contributed by atoms with E-state index in [0.29, 0.717) is 0 Å². The van der Waals surface area contributed by atoms with Gasteiger partial charge >= 0.3 is 0 Å². The summed E-state index contributed by atoms with van der Waals surface area (Å²) in [4.78, 5) is 1.42. The van der Waals surface area contributed by atoms with E-state index in [2.05, 4.69) is 12.0 Å². The normalized spacial score (nSPS) is 11.0. The minimum atomic E-state index is -0.458. The van der Waals surface area contributed by atoms with E-state index >= 15 is 0 Å². The Hall–Kier alpha value is -1.12. The Morgan fingerprint density at radius 3 is 2.25 bits per heavy atom. The summed E-state index contributed by atoms with van der Waals surface area (Å²) in [6, 6.07) is 2.28. The molecule has 0 fully saturated rings. The highest BCUT2D eigenvalue weighted by atomic mass is 15.2. The molecule has 8 heavy (non-hydrogen) atoms. The van der Waals surface area contributed by atoms with Crippen molar-refractivity contribution in [1.82, 2.24) is 4.90 Å². The van der Waals surface area contributed by atoms with Crippen molar-refractivity contribution in [2.75, 3.05) is 7.05 Å². The van der Waals surface area contributed by atoms with Gasteiger partial charge in [0.05, 0.1) is 0 Å². The van der Waals surface area contributed by atoms with Crippen LogP contribution in [0.5, 0.6) is 0 Å². The number of nitrogens with two attached hydrogens (primary N) is 1. The number of hydrogen-bond acceptors (Lipinski definition) is 2. The maximum absolute atomic E-state index is 5.27. The lowest BCUT2D eigenvalue weighted by molar-refractivity contribution is 0.428. The van der Waals surface area contributed by atoms with E-state index in [1.807, 2.05) is 0 Å². The summed E-state index contributed by atoms with van der Waals surface area (Å²) < 4.78 is 0. The highest BCUT2D eigenvalue weighted by molar-refractivity contribution is 5.00. The standard InChI is InChI=1S/C6H8N2/c1-4-6(7)8(3)5-2/h1-2,6H,7H2,3H3. The maximum Gasteiger partial charge on any atom is 0.147 e. The van der Waals surface area contributed by atoms with E-state index < -0.39 is 6.17 Å². The lowest BCUT2D eigenvalue weighted by Crippen LogP contribution is -2.33. The Morgan fingerprint density at radius 2 is 2.12 bits per heavy atom. The smallest absolute Gasteiger partial charge is 0.147 e. The topological polar surface area (TPSA) is 29.3 Å². The van der Waals surface area contributed by atoms with Gasteiger partial charge in [0.1, 0.15) is 6.17 Å². The van der Waals surface area contributed by atoms with Crippen LogP contribution < -0.4 is 5.73 Å². The molecule has 0 aromatic heterocycles. The molecule has 0 amide bonds. The van der Waals surface area contributed by atoms with Crippen molar-refractivity contribution in [2.24, 2.45) is 5.73 Å². The highest BCUT2D eigenvalue weighted by Crippen LogP contribution is 1.79. The van der Waals surface area contributed by atoms with E-state index in [1.165, 1.54) is 4.90 Å². The van der Waals surface area contributed by atoms with Crippen molar-refractivity contribution < 1.29 is 0 Å². The van der Waals surface area contributed by atoms with Gasteiger partial charge in [-0.3, -0.25) is 0 Å². The first kappa shape index (κ1) is 6.88. The van der Waals surface area contributed by atoms with Gasteiger partial charge in [-0.25, -0.2) is 0 Å². The van der Waals surface area contributed by atoms with Crippen LogP contribution in [0.15, 0.2) is 0 Å². The van der Waals surface area contributed by atoms with Crippen LogP contribution in [0.4, 0.5) is 0 Å². The fourth-order valence-electron chi connectivity index (χ4n) is 0.192. The molecule has 0 saturated carbocycles. The third kappa shape index (κ3) is 1.55. The van der Waals surface area contributed by atoms with Gasteiger partial charge in [0.25, 0.3) is 0 Å². The third-order valence-corrected chi connectivity index (χ3v) is 0.792. The Morgan fingerprint density at radius 1 is 1.62 bits per heavy atom. The van der Waals surface area contributed by atoms with Crippen molar-refractivity contribution >= 4 is 0 Å². The van der Waals surface area contributed by atoms with Gasteiger partial charge in [-0.1, -0.05) is 12.3 Å². The van der Waals surface area contributed by atoms with Crippen LogP contribution in [0.2, 0.25) is 0 Å². The number of nitrogens with zero attached hydrogens (tertiary/aromatic N) is 1. The van der Waals surface area contributed by atoms with Crippen LogP contribution in [0.25, 0.3) is 0 Å². The average Bonchev–Trinajstić information content (AvgIpc) is 1.84. The summed E-state index contributed by atoms with van der Waals surface area (Å²) in [6.45, 7) is 0. The lowest BCUT2D eigenvalue weighted by Gasteiger charge is -2.12. The molecule has 0 radical (unpaired) electrons. The minimum absolute atomic E-state index is 0.458. The minimum Gasteiger partial charge on any atom is -0.309 e. The van der Waals surface area contributed by atoms with Crippen LogP contribution in [-0.4, -0.2) is 18.1 Å². The zero-order chi connectivity index (χ0) is 6.57. The predicted octanol–water partition coefficient (Wildman–Crippen LogP) is -0.573. The zero-order valence-corrected chi connectivity index (χ0v) is 4.76. The highest BCUT2D eigenvalue weighted by Gasteiger charge is 1.96. The molecule has 0 heterocycles. The number of hydrogen-bond donors (Lipinski definition) is 1. The van der Waals surface area contributed by atoms with Gasteiger partial charge in [-0.2, -0.15) is 0 Å². The summed E-state index contributed by atoms with van der Waals surface area (Å²) in [5.41, 5.74) is 5.27. The van der Waals surface area contributed by atoms with Gasteiger partial charge in [0.2, 0.25) is 0 Å². The molecule has 0 aliphatic rings. The second-order valence-electron chi connectivity index (χ2n) is 1.35. The van der Waals surface area contributed by atoms with Gasteiger partial charge in [0.15, 0.2) is 0 Å². The van der Waals surface area contributed by atoms with Gasteiger partial charge in [0, 0.05) is 13.1 Å². The molecule has 1 atom stereocenters. The molecule has 0 rings (SSSR count). The third-order valence-electron chi connectivity index (χ3n) is 0.792. The van der Waals surface area contributed by atoms with Gasteiger partial charge in [-0.15, -0.1) is 6.42 Å². The van der Waals surface area contributed by atoms with Crippen molar-refractivity contribution in [3.8, 4) is 24.8 Å². The Kier molecular flexibility index (Phi) is 2.54. The lowest BCUT2D eigenvalue weighted by atomic mass is 10.5. The summed E-state index contributed by atoms with van der Waals surface area (Å²) in [6.07, 6.45) is 9.43. The summed E-state index contributed by atoms with van der Waals surface area (Å²) >= 11 is 0. The summed E-state index contributed by atoms with van der Waals surface area (Å²) in [5.74, 6) is 2.28. The van der Waals surface area contributed by atoms with Crippen LogP contribution in [0.1, 0.15) is 0 Å². The molecule has 2 heteroatoms. The fraction of sp³-hybridized carbons (Fsp3) is 0.333. The first-order chi connectivity index (χ1) is 3.72. The Labute approximate surface area is 49.7 Å². The largest absolute Gasteiger partial charge is 0.309 e. The Bertz CT molecular complexity index is 120. The van der Waals surface area contributed by atoms with Crippen molar-refractivity contribution in [2.45, 2.75) is 6.17 Å². The number of rotatable bonds is 1. The second-order valence-corrected chi connectivity index (χ2v) is 1.35. The quantitative estimate of drug-likeness (QED) is 0.277. The fourth-order valence-corrected chi connectivity index (χ4v) is 0.192. The molecule has 0 aliphatic heterocycles.